The highest BCUT2D eigenvalue weighted by atomic mass is 79.9. The third kappa shape index (κ3) is 3.40. The first-order valence-corrected chi connectivity index (χ1v) is 10.5. The summed E-state index contributed by atoms with van der Waals surface area (Å²) in [7, 11) is 1.40. The lowest BCUT2D eigenvalue weighted by atomic mass is 10.2. The van der Waals surface area contributed by atoms with Crippen molar-refractivity contribution in [1.82, 2.24) is 9.55 Å². The number of aryl methyl sites for hydroxylation is 2. The highest BCUT2D eigenvalue weighted by molar-refractivity contribution is 9.10. The summed E-state index contributed by atoms with van der Waals surface area (Å²) in [4.78, 5) is 18.3. The number of carbonyl (C=O) groups excluding carboxylic acids is 1. The fourth-order valence-electron chi connectivity index (χ4n) is 3.18. The lowest BCUT2D eigenvalue weighted by Gasteiger charge is -2.07. The number of aromatic nitrogens is 2. The number of esters is 1. The second kappa shape index (κ2) is 7.56. The smallest absolute Gasteiger partial charge is 0.354 e. The maximum Gasteiger partial charge on any atom is 0.354 e. The first-order chi connectivity index (χ1) is 13.5. The molecule has 28 heavy (non-hydrogen) atoms. The lowest BCUT2D eigenvalue weighted by molar-refractivity contribution is 0.0589. The Morgan fingerprint density at radius 3 is 2.86 bits per heavy atom. The van der Waals surface area contributed by atoms with Gasteiger partial charge in [-0.2, -0.15) is 0 Å². The molecule has 0 fully saturated rings. The summed E-state index contributed by atoms with van der Waals surface area (Å²) in [5.41, 5.74) is 3.24. The first kappa shape index (κ1) is 19.0. The summed E-state index contributed by atoms with van der Waals surface area (Å²) in [5, 5.41) is 0. The standard InChI is InChI=1S/C21H19BrN2O3S/c1-4-15-9-17-19(28-15)10-18(21(25)26-3)24(17)11-16-12(2)27-20(23-16)13-6-5-7-14(22)8-13/h5-10H,4,11H2,1-3H3. The molecule has 0 unspecified atom stereocenters. The minimum atomic E-state index is -0.352. The molecule has 0 bridgehead atoms. The summed E-state index contributed by atoms with van der Waals surface area (Å²) < 4.78 is 14.9. The summed E-state index contributed by atoms with van der Waals surface area (Å²) in [6.07, 6.45) is 0.961. The molecule has 0 spiro atoms. The number of thiophene rings is 1. The van der Waals surface area contributed by atoms with Crippen LogP contribution in [-0.4, -0.2) is 22.6 Å². The average Bonchev–Trinajstić information content (AvgIpc) is 3.35. The number of fused-ring (bicyclic) bond motifs is 1. The quantitative estimate of drug-likeness (QED) is 0.353. The molecule has 0 aliphatic carbocycles. The van der Waals surface area contributed by atoms with Crippen LogP contribution in [0.1, 0.15) is 33.7 Å². The van der Waals surface area contributed by atoms with Gasteiger partial charge in [0.25, 0.3) is 0 Å². The second-order valence-corrected chi connectivity index (χ2v) is 8.54. The van der Waals surface area contributed by atoms with E-state index in [0.29, 0.717) is 18.1 Å². The Hall–Kier alpha value is -2.38. The van der Waals surface area contributed by atoms with Crippen LogP contribution < -0.4 is 0 Å². The third-order valence-electron chi connectivity index (χ3n) is 4.66. The summed E-state index contributed by atoms with van der Waals surface area (Å²) in [6, 6.07) is 11.9. The number of hydrogen-bond donors (Lipinski definition) is 0. The van der Waals surface area contributed by atoms with E-state index in [-0.39, 0.29) is 5.97 Å². The highest BCUT2D eigenvalue weighted by Crippen LogP contribution is 2.31. The number of oxazole rings is 1. The molecule has 4 rings (SSSR count). The molecule has 0 radical (unpaired) electrons. The van der Waals surface area contributed by atoms with Gasteiger partial charge in [-0.15, -0.1) is 11.3 Å². The SMILES string of the molecule is CCc1cc2c(cc(C(=O)OC)n2Cc2nc(-c3cccc(Br)c3)oc2C)s1. The van der Waals surface area contributed by atoms with Crippen LogP contribution in [0.15, 0.2) is 45.3 Å². The van der Waals surface area contributed by atoms with Crippen LogP contribution in [0.4, 0.5) is 0 Å². The van der Waals surface area contributed by atoms with Crippen molar-refractivity contribution in [2.75, 3.05) is 7.11 Å². The number of halogens is 1. The fraction of sp³-hybridized carbons (Fsp3) is 0.238. The Balaban J connectivity index is 1.77. The number of ether oxygens (including phenoxy) is 1. The predicted molar refractivity (Wildman–Crippen MR) is 114 cm³/mol. The predicted octanol–water partition coefficient (Wildman–Crippen LogP) is 5.83. The van der Waals surface area contributed by atoms with E-state index in [1.54, 1.807) is 11.3 Å². The maximum absolute atomic E-state index is 12.3. The van der Waals surface area contributed by atoms with Gasteiger partial charge in [-0.1, -0.05) is 28.9 Å². The van der Waals surface area contributed by atoms with Crippen molar-refractivity contribution in [2.24, 2.45) is 0 Å². The summed E-state index contributed by atoms with van der Waals surface area (Å²) >= 11 is 5.18. The van der Waals surface area contributed by atoms with E-state index >= 15 is 0 Å². The Morgan fingerprint density at radius 2 is 2.14 bits per heavy atom. The molecule has 0 saturated heterocycles. The number of rotatable bonds is 5. The van der Waals surface area contributed by atoms with Crippen molar-refractivity contribution in [3.05, 3.63) is 62.9 Å². The molecule has 3 heterocycles. The molecule has 0 aliphatic heterocycles. The third-order valence-corrected chi connectivity index (χ3v) is 6.36. The van der Waals surface area contributed by atoms with Gasteiger partial charge in [0.05, 0.1) is 23.9 Å². The molecule has 0 atom stereocenters. The van der Waals surface area contributed by atoms with Crippen LogP contribution in [0.3, 0.4) is 0 Å². The fourth-order valence-corrected chi connectivity index (χ4v) is 4.62. The van der Waals surface area contributed by atoms with E-state index < -0.39 is 0 Å². The highest BCUT2D eigenvalue weighted by Gasteiger charge is 2.21. The molecular formula is C21H19BrN2O3S. The number of benzene rings is 1. The van der Waals surface area contributed by atoms with E-state index in [0.717, 1.165) is 38.1 Å². The number of methoxy groups -OCH3 is 1. The van der Waals surface area contributed by atoms with Crippen molar-refractivity contribution in [1.29, 1.82) is 0 Å². The van der Waals surface area contributed by atoms with Gasteiger partial charge in [0, 0.05) is 14.9 Å². The molecule has 0 N–H and O–H groups in total. The Bertz CT molecular complexity index is 1170. The van der Waals surface area contributed by atoms with Crippen molar-refractivity contribution in [3.63, 3.8) is 0 Å². The van der Waals surface area contributed by atoms with Gasteiger partial charge < -0.3 is 13.7 Å². The molecule has 5 nitrogen and oxygen atoms in total. The average molecular weight is 459 g/mol. The number of carbonyl (C=O) groups is 1. The van der Waals surface area contributed by atoms with Crippen molar-refractivity contribution >= 4 is 43.5 Å². The molecular weight excluding hydrogens is 440 g/mol. The first-order valence-electron chi connectivity index (χ1n) is 8.92. The van der Waals surface area contributed by atoms with Crippen LogP contribution in [0.2, 0.25) is 0 Å². The molecule has 1 aromatic carbocycles. The largest absolute Gasteiger partial charge is 0.464 e. The topological polar surface area (TPSA) is 57.3 Å². The normalized spacial score (nSPS) is 11.3. The van der Waals surface area contributed by atoms with E-state index in [9.17, 15) is 4.79 Å². The molecule has 4 aromatic rings. The van der Waals surface area contributed by atoms with E-state index in [1.807, 2.05) is 41.8 Å². The minimum Gasteiger partial charge on any atom is -0.464 e. The van der Waals surface area contributed by atoms with Gasteiger partial charge in [0.1, 0.15) is 17.1 Å². The number of nitrogens with zero attached hydrogens (tertiary/aromatic N) is 2. The molecule has 7 heteroatoms. The zero-order valence-electron chi connectivity index (χ0n) is 15.8. The maximum atomic E-state index is 12.3. The van der Waals surface area contributed by atoms with Crippen LogP contribution in [0, 0.1) is 6.92 Å². The number of hydrogen-bond acceptors (Lipinski definition) is 5. The second-order valence-electron chi connectivity index (χ2n) is 6.46. The summed E-state index contributed by atoms with van der Waals surface area (Å²) in [5.74, 6) is 0.949. The molecule has 3 aromatic heterocycles. The Kier molecular flexibility index (Phi) is 5.12. The lowest BCUT2D eigenvalue weighted by Crippen LogP contribution is -2.12. The van der Waals surface area contributed by atoms with E-state index in [1.165, 1.54) is 12.0 Å². The van der Waals surface area contributed by atoms with Crippen molar-refractivity contribution in [3.8, 4) is 11.5 Å². The minimum absolute atomic E-state index is 0.352. The van der Waals surface area contributed by atoms with E-state index in [4.69, 9.17) is 14.1 Å². The van der Waals surface area contributed by atoms with E-state index in [2.05, 4.69) is 28.9 Å². The van der Waals surface area contributed by atoms with Gasteiger partial charge in [0.15, 0.2) is 0 Å². The van der Waals surface area contributed by atoms with Gasteiger partial charge in [-0.3, -0.25) is 0 Å². The van der Waals surface area contributed by atoms with Gasteiger partial charge in [0.2, 0.25) is 5.89 Å². The molecule has 0 saturated carbocycles. The Morgan fingerprint density at radius 1 is 1.32 bits per heavy atom. The van der Waals surface area contributed by atoms with Crippen LogP contribution >= 0.6 is 27.3 Å². The monoisotopic (exact) mass is 458 g/mol. The van der Waals surface area contributed by atoms with Crippen LogP contribution in [0.5, 0.6) is 0 Å². The van der Waals surface area contributed by atoms with Crippen molar-refractivity contribution in [2.45, 2.75) is 26.8 Å². The van der Waals surface area contributed by atoms with Gasteiger partial charge in [-0.05, 0) is 43.7 Å². The molecule has 144 valence electrons. The van der Waals surface area contributed by atoms with Gasteiger partial charge in [-0.25, -0.2) is 9.78 Å². The molecule has 0 aliphatic rings. The van der Waals surface area contributed by atoms with Gasteiger partial charge >= 0.3 is 5.97 Å². The van der Waals surface area contributed by atoms with Crippen LogP contribution in [-0.2, 0) is 17.7 Å². The zero-order chi connectivity index (χ0) is 19.8. The zero-order valence-corrected chi connectivity index (χ0v) is 18.2. The van der Waals surface area contributed by atoms with Crippen molar-refractivity contribution < 1.29 is 13.9 Å². The molecule has 0 amide bonds. The van der Waals surface area contributed by atoms with Crippen LogP contribution in [0.25, 0.3) is 21.7 Å². The summed E-state index contributed by atoms with van der Waals surface area (Å²) in [6.45, 7) is 4.47. The Labute approximate surface area is 175 Å².